The van der Waals surface area contributed by atoms with E-state index in [1.165, 1.54) is 0 Å². The molecule has 3 nitrogen and oxygen atoms in total. The van der Waals surface area contributed by atoms with Crippen LogP contribution in [-0.2, 0) is 0 Å². The van der Waals surface area contributed by atoms with Gasteiger partial charge in [0.15, 0.2) is 0 Å². The second kappa shape index (κ2) is 5.36. The van der Waals surface area contributed by atoms with Gasteiger partial charge in [-0.2, -0.15) is 0 Å². The zero-order valence-corrected chi connectivity index (χ0v) is 11.2. The molecule has 6 heteroatoms. The Bertz CT molecular complexity index is 629. The van der Waals surface area contributed by atoms with Crippen molar-refractivity contribution in [3.8, 4) is 0 Å². The number of anilines is 2. The van der Waals surface area contributed by atoms with Crippen molar-refractivity contribution < 1.29 is 13.6 Å². The van der Waals surface area contributed by atoms with Crippen molar-refractivity contribution in [2.75, 3.05) is 11.1 Å². The molecule has 3 N–H and O–H groups in total. The van der Waals surface area contributed by atoms with Gasteiger partial charge in [-0.25, -0.2) is 8.78 Å². The monoisotopic (exact) mass is 326 g/mol. The molecule has 0 aromatic heterocycles. The Hall–Kier alpha value is -1.95. The minimum Gasteiger partial charge on any atom is -0.396 e. The fourth-order valence-electron chi connectivity index (χ4n) is 1.47. The Kier molecular flexibility index (Phi) is 3.80. The summed E-state index contributed by atoms with van der Waals surface area (Å²) in [5.41, 5.74) is 5.23. The van der Waals surface area contributed by atoms with E-state index in [2.05, 4.69) is 21.2 Å². The van der Waals surface area contributed by atoms with Gasteiger partial charge in [-0.15, -0.1) is 0 Å². The highest BCUT2D eigenvalue weighted by atomic mass is 79.9. The van der Waals surface area contributed by atoms with Gasteiger partial charge in [0.05, 0.1) is 11.3 Å². The molecule has 0 aliphatic carbocycles. The number of nitrogen functional groups attached to an aromatic ring is 1. The Balaban J connectivity index is 2.25. The van der Waals surface area contributed by atoms with Crippen LogP contribution in [0.2, 0.25) is 0 Å². The molecule has 2 aromatic rings. The zero-order valence-electron chi connectivity index (χ0n) is 9.58. The molecule has 0 radical (unpaired) electrons. The lowest BCUT2D eigenvalue weighted by molar-refractivity contribution is 0.102. The maximum Gasteiger partial charge on any atom is 0.258 e. The Morgan fingerprint density at radius 2 is 1.74 bits per heavy atom. The second-order valence-electron chi connectivity index (χ2n) is 3.81. The summed E-state index contributed by atoms with van der Waals surface area (Å²) in [4.78, 5) is 11.8. The number of carbonyl (C=O) groups excluding carboxylic acids is 1. The van der Waals surface area contributed by atoms with Crippen molar-refractivity contribution in [1.82, 2.24) is 0 Å². The van der Waals surface area contributed by atoms with Gasteiger partial charge in [0.25, 0.3) is 5.91 Å². The molecule has 0 spiro atoms. The fourth-order valence-corrected chi connectivity index (χ4v) is 1.74. The highest BCUT2D eigenvalue weighted by Gasteiger charge is 2.15. The summed E-state index contributed by atoms with van der Waals surface area (Å²) in [6, 6.07) is 8.31. The van der Waals surface area contributed by atoms with Crippen molar-refractivity contribution in [1.29, 1.82) is 0 Å². The van der Waals surface area contributed by atoms with Gasteiger partial charge >= 0.3 is 0 Å². The predicted octanol–water partition coefficient (Wildman–Crippen LogP) is 3.56. The van der Waals surface area contributed by atoms with Crippen molar-refractivity contribution in [3.05, 3.63) is 58.1 Å². The molecule has 0 aliphatic heterocycles. The zero-order chi connectivity index (χ0) is 14.0. The third kappa shape index (κ3) is 3.08. The minimum atomic E-state index is -0.957. The second-order valence-corrected chi connectivity index (χ2v) is 4.73. The summed E-state index contributed by atoms with van der Waals surface area (Å²) in [7, 11) is 0. The number of benzene rings is 2. The van der Waals surface area contributed by atoms with Crippen molar-refractivity contribution >= 4 is 33.2 Å². The number of rotatable bonds is 2. The highest BCUT2D eigenvalue weighted by Crippen LogP contribution is 2.19. The van der Waals surface area contributed by atoms with Crippen LogP contribution in [0.25, 0.3) is 0 Å². The maximum absolute atomic E-state index is 13.5. The predicted molar refractivity (Wildman–Crippen MR) is 72.9 cm³/mol. The minimum absolute atomic E-state index is 0.276. The topological polar surface area (TPSA) is 55.1 Å². The van der Waals surface area contributed by atoms with E-state index >= 15 is 0 Å². The molecule has 19 heavy (non-hydrogen) atoms. The summed E-state index contributed by atoms with van der Waals surface area (Å²) in [6.07, 6.45) is 0. The molecule has 0 fully saturated rings. The normalized spacial score (nSPS) is 10.3. The summed E-state index contributed by atoms with van der Waals surface area (Å²) in [6.45, 7) is 0. The average Bonchev–Trinajstić information content (AvgIpc) is 2.36. The molecule has 0 saturated carbocycles. The van der Waals surface area contributed by atoms with Gasteiger partial charge in [0, 0.05) is 16.2 Å². The lowest BCUT2D eigenvalue weighted by atomic mass is 10.1. The van der Waals surface area contributed by atoms with Crippen LogP contribution >= 0.6 is 15.9 Å². The van der Waals surface area contributed by atoms with Gasteiger partial charge in [0.1, 0.15) is 11.6 Å². The highest BCUT2D eigenvalue weighted by molar-refractivity contribution is 9.10. The first-order valence-electron chi connectivity index (χ1n) is 5.29. The number of amides is 1. The Morgan fingerprint density at radius 3 is 2.37 bits per heavy atom. The van der Waals surface area contributed by atoms with Crippen LogP contribution < -0.4 is 11.1 Å². The van der Waals surface area contributed by atoms with Crippen LogP contribution in [-0.4, -0.2) is 5.91 Å². The van der Waals surface area contributed by atoms with Gasteiger partial charge < -0.3 is 11.1 Å². The third-order valence-electron chi connectivity index (χ3n) is 2.43. The molecule has 2 rings (SSSR count). The van der Waals surface area contributed by atoms with Crippen molar-refractivity contribution in [3.63, 3.8) is 0 Å². The molecule has 2 aromatic carbocycles. The molecular formula is C13H9BrF2N2O. The van der Waals surface area contributed by atoms with Crippen LogP contribution in [0.15, 0.2) is 40.9 Å². The van der Waals surface area contributed by atoms with E-state index in [4.69, 9.17) is 5.73 Å². The third-order valence-corrected chi connectivity index (χ3v) is 2.96. The van der Waals surface area contributed by atoms with Gasteiger partial charge in [0.2, 0.25) is 0 Å². The van der Waals surface area contributed by atoms with Crippen LogP contribution in [0.1, 0.15) is 10.4 Å². The molecule has 0 bridgehead atoms. The van der Waals surface area contributed by atoms with Crippen molar-refractivity contribution in [2.45, 2.75) is 0 Å². The average molecular weight is 327 g/mol. The Labute approximate surface area is 116 Å². The van der Waals surface area contributed by atoms with E-state index in [1.54, 1.807) is 24.3 Å². The number of hydrogen-bond donors (Lipinski definition) is 2. The van der Waals surface area contributed by atoms with Gasteiger partial charge in [-0.05, 0) is 30.3 Å². The lowest BCUT2D eigenvalue weighted by Gasteiger charge is -2.07. The molecule has 0 saturated heterocycles. The summed E-state index contributed by atoms with van der Waals surface area (Å²) in [5, 5.41) is 2.50. The molecule has 0 aliphatic rings. The maximum atomic E-state index is 13.5. The molecular weight excluding hydrogens is 318 g/mol. The first-order valence-corrected chi connectivity index (χ1v) is 6.08. The SMILES string of the molecule is Nc1cc(C(=O)Nc2ccc(Br)cc2)c(F)cc1F. The van der Waals surface area contributed by atoms with E-state index in [1.807, 2.05) is 0 Å². The standard InChI is InChI=1S/C13H9BrF2N2O/c14-7-1-3-8(4-2-7)18-13(19)9-5-12(17)11(16)6-10(9)15/h1-6H,17H2,(H,18,19). The van der Waals surface area contributed by atoms with Crippen molar-refractivity contribution in [2.24, 2.45) is 0 Å². The molecule has 0 heterocycles. The number of carbonyl (C=O) groups is 1. The van der Waals surface area contributed by atoms with E-state index in [-0.39, 0.29) is 11.3 Å². The summed E-state index contributed by atoms with van der Waals surface area (Å²) < 4.78 is 27.3. The van der Waals surface area contributed by atoms with Gasteiger partial charge in [-0.3, -0.25) is 4.79 Å². The first-order chi connectivity index (χ1) is 8.97. The summed E-state index contributed by atoms with van der Waals surface area (Å²) in [5.74, 6) is -2.54. The fraction of sp³-hybridized carbons (Fsp3) is 0. The number of halogens is 3. The number of nitrogens with one attached hydrogen (secondary N) is 1. The number of nitrogens with two attached hydrogens (primary N) is 1. The van der Waals surface area contributed by atoms with Crippen LogP contribution in [0.4, 0.5) is 20.2 Å². The summed E-state index contributed by atoms with van der Waals surface area (Å²) >= 11 is 3.25. The van der Waals surface area contributed by atoms with Crippen LogP contribution in [0.5, 0.6) is 0 Å². The van der Waals surface area contributed by atoms with Crippen LogP contribution in [0, 0.1) is 11.6 Å². The molecule has 98 valence electrons. The van der Waals surface area contributed by atoms with E-state index in [0.29, 0.717) is 11.8 Å². The Morgan fingerprint density at radius 1 is 1.11 bits per heavy atom. The lowest BCUT2D eigenvalue weighted by Crippen LogP contribution is -2.14. The number of hydrogen-bond acceptors (Lipinski definition) is 2. The van der Waals surface area contributed by atoms with Crippen LogP contribution in [0.3, 0.4) is 0 Å². The molecule has 0 unspecified atom stereocenters. The largest absolute Gasteiger partial charge is 0.396 e. The van der Waals surface area contributed by atoms with E-state index in [9.17, 15) is 13.6 Å². The molecule has 1 amide bonds. The van der Waals surface area contributed by atoms with Gasteiger partial charge in [-0.1, -0.05) is 15.9 Å². The van der Waals surface area contributed by atoms with E-state index in [0.717, 1.165) is 10.5 Å². The quantitative estimate of drug-likeness (QED) is 0.829. The van der Waals surface area contributed by atoms with E-state index < -0.39 is 17.5 Å². The smallest absolute Gasteiger partial charge is 0.258 e. The first kappa shape index (κ1) is 13.5. The molecule has 0 atom stereocenters.